The van der Waals surface area contributed by atoms with E-state index in [-0.39, 0.29) is 0 Å². The Hall–Kier alpha value is -1.44. The van der Waals surface area contributed by atoms with Crippen molar-refractivity contribution in [1.82, 2.24) is 0 Å². The van der Waals surface area contributed by atoms with Crippen molar-refractivity contribution in [3.8, 4) is 0 Å². The van der Waals surface area contributed by atoms with Crippen LogP contribution < -0.4 is 0 Å². The zero-order valence-corrected chi connectivity index (χ0v) is 8.57. The number of carboxylic acids is 3. The highest BCUT2D eigenvalue weighted by Gasteiger charge is 2.46. The summed E-state index contributed by atoms with van der Waals surface area (Å²) in [4.78, 5) is 48.6. The third kappa shape index (κ3) is 3.97. The number of carboxylic acid groups (broad SMARTS) is 3. The molecule has 0 aromatic heterocycles. The molecule has 0 bridgehead atoms. The van der Waals surface area contributed by atoms with E-state index < -0.39 is 43.5 Å². The summed E-state index contributed by atoms with van der Waals surface area (Å²) in [5.74, 6) is -7.79. The summed E-state index contributed by atoms with van der Waals surface area (Å²) >= 11 is 0. The fraction of sp³-hybridized carbons (Fsp3) is 0.500. The van der Waals surface area contributed by atoms with Crippen molar-refractivity contribution < 1.29 is 44.1 Å². The van der Waals surface area contributed by atoms with Gasteiger partial charge in [0.25, 0.3) is 0 Å². The van der Waals surface area contributed by atoms with Crippen molar-refractivity contribution in [1.29, 1.82) is 0 Å². The second-order valence-electron chi connectivity index (χ2n) is 2.91. The molecule has 2 unspecified atom stereocenters. The van der Waals surface area contributed by atoms with Crippen LogP contribution in [0.25, 0.3) is 0 Å². The molecule has 0 spiro atoms. The number of hydrogen-bond acceptors (Lipinski definition) is 4. The third-order valence-electron chi connectivity index (χ3n) is 1.71. The van der Waals surface area contributed by atoms with Crippen molar-refractivity contribution >= 4 is 25.5 Å². The molecular formula is C6H9O9P. The first-order valence-electron chi connectivity index (χ1n) is 3.80. The van der Waals surface area contributed by atoms with Crippen LogP contribution >= 0.6 is 7.60 Å². The molecule has 0 aliphatic carbocycles. The monoisotopic (exact) mass is 256 g/mol. The average Bonchev–Trinajstić information content (AvgIpc) is 1.97. The minimum absolute atomic E-state index is 1.18. The second kappa shape index (κ2) is 5.06. The first-order chi connectivity index (χ1) is 7.07. The fourth-order valence-corrected chi connectivity index (χ4v) is 2.06. The standard InChI is InChI=1S/C6H9O9P/c7-3(8)1-2(5(9)10)4(6(11)12)16(13,14)15/h2,4H,1H2,(H,7,8)(H,9,10)(H,11,12)(H2,13,14,15). The van der Waals surface area contributed by atoms with Gasteiger partial charge in [-0.2, -0.15) is 0 Å². The van der Waals surface area contributed by atoms with Crippen LogP contribution in [0.3, 0.4) is 0 Å². The van der Waals surface area contributed by atoms with E-state index in [9.17, 15) is 18.9 Å². The maximum atomic E-state index is 10.8. The van der Waals surface area contributed by atoms with Gasteiger partial charge in [0.05, 0.1) is 12.3 Å². The molecule has 10 heteroatoms. The highest BCUT2D eigenvalue weighted by molar-refractivity contribution is 7.53. The van der Waals surface area contributed by atoms with Crippen LogP contribution in [0.15, 0.2) is 0 Å². The predicted molar refractivity (Wildman–Crippen MR) is 46.8 cm³/mol. The Balaban J connectivity index is 5.28. The van der Waals surface area contributed by atoms with E-state index in [2.05, 4.69) is 0 Å². The molecule has 0 aliphatic rings. The number of carbonyl (C=O) groups is 3. The molecule has 0 saturated carbocycles. The Bertz CT molecular complexity index is 355. The summed E-state index contributed by atoms with van der Waals surface area (Å²) in [5, 5.41) is 25.3. The molecule has 5 N–H and O–H groups in total. The van der Waals surface area contributed by atoms with Crippen LogP contribution in [-0.2, 0) is 18.9 Å². The topological polar surface area (TPSA) is 169 Å². The van der Waals surface area contributed by atoms with Gasteiger partial charge in [-0.3, -0.25) is 18.9 Å². The number of rotatable bonds is 6. The molecule has 0 radical (unpaired) electrons. The van der Waals surface area contributed by atoms with E-state index in [1.54, 1.807) is 0 Å². The minimum Gasteiger partial charge on any atom is -0.481 e. The van der Waals surface area contributed by atoms with Crippen molar-refractivity contribution in [3.05, 3.63) is 0 Å². The first-order valence-corrected chi connectivity index (χ1v) is 5.48. The minimum atomic E-state index is -5.24. The van der Waals surface area contributed by atoms with Crippen molar-refractivity contribution in [2.75, 3.05) is 0 Å². The molecule has 0 aromatic carbocycles. The number of hydrogen-bond donors (Lipinski definition) is 5. The lowest BCUT2D eigenvalue weighted by Gasteiger charge is -2.19. The molecule has 0 saturated heterocycles. The molecule has 9 nitrogen and oxygen atoms in total. The highest BCUT2D eigenvalue weighted by atomic mass is 31.2. The Labute approximate surface area is 88.5 Å². The average molecular weight is 256 g/mol. The predicted octanol–water partition coefficient (Wildman–Crippen LogP) is -1.21. The zero-order chi connectivity index (χ0) is 13.1. The first kappa shape index (κ1) is 14.6. The maximum Gasteiger partial charge on any atom is 0.340 e. The third-order valence-corrected chi connectivity index (χ3v) is 3.01. The lowest BCUT2D eigenvalue weighted by molar-refractivity contribution is -0.152. The molecule has 2 atom stereocenters. The van der Waals surface area contributed by atoms with Crippen molar-refractivity contribution in [2.45, 2.75) is 12.1 Å². The van der Waals surface area contributed by atoms with Crippen LogP contribution in [0.5, 0.6) is 0 Å². The largest absolute Gasteiger partial charge is 0.481 e. The SMILES string of the molecule is O=C(O)CC(C(=O)O)C(C(=O)O)P(=O)(O)O. The van der Waals surface area contributed by atoms with E-state index in [0.717, 1.165) is 0 Å². The van der Waals surface area contributed by atoms with Gasteiger partial charge in [-0.25, -0.2) is 0 Å². The molecule has 0 aromatic rings. The van der Waals surface area contributed by atoms with Gasteiger partial charge in [0.2, 0.25) is 0 Å². The molecular weight excluding hydrogens is 247 g/mol. The van der Waals surface area contributed by atoms with E-state index in [0.29, 0.717) is 0 Å². The van der Waals surface area contributed by atoms with E-state index in [1.165, 1.54) is 0 Å². The van der Waals surface area contributed by atoms with Crippen LogP contribution in [0.2, 0.25) is 0 Å². The number of aliphatic carboxylic acids is 3. The van der Waals surface area contributed by atoms with Gasteiger partial charge in [0, 0.05) is 0 Å². The van der Waals surface area contributed by atoms with Gasteiger partial charge in [-0.1, -0.05) is 0 Å². The normalized spacial score (nSPS) is 15.1. The Kier molecular flexibility index (Phi) is 4.61. The second-order valence-corrected chi connectivity index (χ2v) is 4.65. The highest BCUT2D eigenvalue weighted by Crippen LogP contribution is 2.46. The summed E-state index contributed by atoms with van der Waals surface area (Å²) in [6.45, 7) is 0. The Morgan fingerprint density at radius 2 is 1.44 bits per heavy atom. The van der Waals surface area contributed by atoms with Gasteiger partial charge >= 0.3 is 25.5 Å². The van der Waals surface area contributed by atoms with E-state index in [4.69, 9.17) is 25.1 Å². The lowest BCUT2D eigenvalue weighted by atomic mass is 10.0. The molecule has 16 heavy (non-hydrogen) atoms. The van der Waals surface area contributed by atoms with E-state index in [1.807, 2.05) is 0 Å². The molecule has 0 amide bonds. The zero-order valence-electron chi connectivity index (χ0n) is 7.68. The van der Waals surface area contributed by atoms with Gasteiger partial charge in [0.1, 0.15) is 0 Å². The summed E-state index contributed by atoms with van der Waals surface area (Å²) in [6, 6.07) is 0. The van der Waals surface area contributed by atoms with Crippen molar-refractivity contribution in [2.24, 2.45) is 5.92 Å². The molecule has 0 aliphatic heterocycles. The van der Waals surface area contributed by atoms with Gasteiger partial charge in [-0.05, 0) is 0 Å². The summed E-state index contributed by atoms with van der Waals surface area (Å²) in [5.41, 5.74) is -2.57. The summed E-state index contributed by atoms with van der Waals surface area (Å²) in [6.07, 6.45) is -1.18. The summed E-state index contributed by atoms with van der Waals surface area (Å²) in [7, 11) is -5.24. The maximum absolute atomic E-state index is 10.8. The van der Waals surface area contributed by atoms with E-state index >= 15 is 0 Å². The Morgan fingerprint density at radius 1 is 1.00 bits per heavy atom. The molecule has 0 rings (SSSR count). The lowest BCUT2D eigenvalue weighted by Crippen LogP contribution is -2.36. The van der Waals surface area contributed by atoms with Crippen LogP contribution in [0.1, 0.15) is 6.42 Å². The molecule has 92 valence electrons. The van der Waals surface area contributed by atoms with Crippen LogP contribution in [-0.4, -0.2) is 48.7 Å². The Morgan fingerprint density at radius 3 is 1.62 bits per heavy atom. The fourth-order valence-electron chi connectivity index (χ4n) is 1.07. The smallest absolute Gasteiger partial charge is 0.340 e. The molecule has 0 heterocycles. The van der Waals surface area contributed by atoms with Crippen molar-refractivity contribution in [3.63, 3.8) is 0 Å². The molecule has 0 fully saturated rings. The van der Waals surface area contributed by atoms with Gasteiger partial charge in [-0.15, -0.1) is 0 Å². The van der Waals surface area contributed by atoms with Gasteiger partial charge in [0.15, 0.2) is 5.66 Å². The van der Waals surface area contributed by atoms with Gasteiger partial charge < -0.3 is 25.1 Å². The quantitative estimate of drug-likeness (QED) is 0.366. The summed E-state index contributed by atoms with van der Waals surface area (Å²) < 4.78 is 10.8. The van der Waals surface area contributed by atoms with Crippen LogP contribution in [0.4, 0.5) is 0 Å². The van der Waals surface area contributed by atoms with Crippen LogP contribution in [0, 0.1) is 5.92 Å².